The minimum atomic E-state index is 0.745. The Bertz CT molecular complexity index is 268. The van der Waals surface area contributed by atoms with Crippen LogP contribution in [0.3, 0.4) is 0 Å². The third-order valence-electron chi connectivity index (χ3n) is 5.68. The van der Waals surface area contributed by atoms with Crippen LogP contribution in [0.1, 0.15) is 47.5 Å². The van der Waals surface area contributed by atoms with Crippen molar-refractivity contribution in [3.05, 3.63) is 0 Å². The van der Waals surface area contributed by atoms with E-state index in [0.29, 0.717) is 0 Å². The molecule has 1 saturated carbocycles. The van der Waals surface area contributed by atoms with Crippen LogP contribution in [0, 0.1) is 29.6 Å². The Morgan fingerprint density at radius 1 is 0.947 bits per heavy atom. The molecule has 2 heteroatoms. The smallest absolute Gasteiger partial charge is 0.0112 e. The zero-order valence-electron chi connectivity index (χ0n) is 13.7. The largest absolute Gasteiger partial charge is 0.314 e. The highest BCUT2D eigenvalue weighted by molar-refractivity contribution is 4.91. The lowest BCUT2D eigenvalue weighted by Crippen LogP contribution is -2.48. The topological polar surface area (TPSA) is 15.3 Å². The lowest BCUT2D eigenvalue weighted by molar-refractivity contribution is 0.110. The van der Waals surface area contributed by atoms with E-state index in [2.05, 4.69) is 44.8 Å². The van der Waals surface area contributed by atoms with Crippen LogP contribution in [0.25, 0.3) is 0 Å². The van der Waals surface area contributed by atoms with Gasteiger partial charge in [0.15, 0.2) is 0 Å². The van der Waals surface area contributed by atoms with Crippen molar-refractivity contribution in [2.45, 2.75) is 53.5 Å². The summed E-state index contributed by atoms with van der Waals surface area (Å²) in [5.74, 6) is 4.39. The van der Waals surface area contributed by atoms with E-state index in [9.17, 15) is 0 Å². The van der Waals surface area contributed by atoms with Gasteiger partial charge in [-0.2, -0.15) is 0 Å². The second kappa shape index (κ2) is 6.58. The first-order valence-electron chi connectivity index (χ1n) is 8.47. The average molecular weight is 266 g/mol. The van der Waals surface area contributed by atoms with Gasteiger partial charge >= 0.3 is 0 Å². The van der Waals surface area contributed by atoms with Gasteiger partial charge in [-0.05, 0) is 49.0 Å². The maximum atomic E-state index is 3.77. The van der Waals surface area contributed by atoms with E-state index < -0.39 is 0 Å². The van der Waals surface area contributed by atoms with Crippen LogP contribution in [-0.2, 0) is 0 Å². The summed E-state index contributed by atoms with van der Waals surface area (Å²) < 4.78 is 0. The van der Waals surface area contributed by atoms with Crippen LogP contribution in [0.2, 0.25) is 0 Å². The van der Waals surface area contributed by atoms with Crippen LogP contribution in [-0.4, -0.2) is 37.1 Å². The summed E-state index contributed by atoms with van der Waals surface area (Å²) in [6, 6.07) is 0.745. The molecule has 6 atom stereocenters. The van der Waals surface area contributed by atoms with Gasteiger partial charge in [0.25, 0.3) is 0 Å². The predicted octanol–water partition coefficient (Wildman–Crippen LogP) is 3.23. The number of rotatable bonds is 4. The molecule has 19 heavy (non-hydrogen) atoms. The number of nitrogens with zero attached hydrogens (tertiary/aromatic N) is 1. The van der Waals surface area contributed by atoms with Gasteiger partial charge in [0.1, 0.15) is 0 Å². The highest BCUT2D eigenvalue weighted by Gasteiger charge is 2.36. The Labute approximate surface area is 120 Å². The Morgan fingerprint density at radius 2 is 1.58 bits per heavy atom. The molecule has 2 aliphatic rings. The highest BCUT2D eigenvalue weighted by Crippen LogP contribution is 2.35. The minimum absolute atomic E-state index is 0.745. The lowest BCUT2D eigenvalue weighted by atomic mass is 9.72. The van der Waals surface area contributed by atoms with Crippen molar-refractivity contribution in [1.82, 2.24) is 10.2 Å². The van der Waals surface area contributed by atoms with E-state index in [1.54, 1.807) is 0 Å². The monoisotopic (exact) mass is 266 g/mol. The zero-order chi connectivity index (χ0) is 14.0. The summed E-state index contributed by atoms with van der Waals surface area (Å²) in [5, 5.41) is 3.77. The van der Waals surface area contributed by atoms with E-state index in [1.807, 2.05) is 0 Å². The minimum Gasteiger partial charge on any atom is -0.314 e. The molecule has 0 aromatic rings. The summed E-state index contributed by atoms with van der Waals surface area (Å²) in [6.07, 6.45) is 2.80. The summed E-state index contributed by atoms with van der Waals surface area (Å²) in [7, 11) is 0. The van der Waals surface area contributed by atoms with Gasteiger partial charge in [-0.15, -0.1) is 0 Å². The standard InChI is InChI=1S/C17H34N2/c1-6-18-17-8-12(2)7-13(3)16(17)11-19-9-14(4)15(5)10-19/h12-18H,6-11H2,1-5H3. The molecule has 0 aromatic heterocycles. The summed E-state index contributed by atoms with van der Waals surface area (Å²) in [5.41, 5.74) is 0. The molecule has 0 aromatic carbocycles. The molecule has 1 saturated heterocycles. The first kappa shape index (κ1) is 15.3. The van der Waals surface area contributed by atoms with Crippen LogP contribution >= 0.6 is 0 Å². The van der Waals surface area contributed by atoms with Gasteiger partial charge in [-0.25, -0.2) is 0 Å². The third kappa shape index (κ3) is 3.72. The molecule has 0 spiro atoms. The van der Waals surface area contributed by atoms with E-state index in [1.165, 1.54) is 32.5 Å². The molecular weight excluding hydrogens is 232 g/mol. The highest BCUT2D eigenvalue weighted by atomic mass is 15.2. The Morgan fingerprint density at radius 3 is 2.16 bits per heavy atom. The van der Waals surface area contributed by atoms with Gasteiger partial charge < -0.3 is 10.2 Å². The maximum Gasteiger partial charge on any atom is 0.0112 e. The molecule has 1 heterocycles. The van der Waals surface area contributed by atoms with Gasteiger partial charge in [-0.3, -0.25) is 0 Å². The number of likely N-dealkylation sites (tertiary alicyclic amines) is 1. The summed E-state index contributed by atoms with van der Waals surface area (Å²) in [6.45, 7) is 17.1. The van der Waals surface area contributed by atoms with Crippen LogP contribution in [0.5, 0.6) is 0 Å². The Kier molecular flexibility index (Phi) is 5.30. The molecule has 0 bridgehead atoms. The van der Waals surface area contributed by atoms with Crippen LogP contribution < -0.4 is 5.32 Å². The first-order chi connectivity index (χ1) is 9.01. The van der Waals surface area contributed by atoms with Crippen molar-refractivity contribution >= 4 is 0 Å². The molecule has 2 rings (SSSR count). The van der Waals surface area contributed by atoms with Crippen molar-refractivity contribution in [1.29, 1.82) is 0 Å². The van der Waals surface area contributed by atoms with Crippen LogP contribution in [0.4, 0.5) is 0 Å². The number of nitrogens with one attached hydrogen (secondary N) is 1. The fourth-order valence-electron chi connectivity index (χ4n) is 4.41. The molecule has 2 fully saturated rings. The van der Waals surface area contributed by atoms with Gasteiger partial charge in [-0.1, -0.05) is 34.6 Å². The van der Waals surface area contributed by atoms with Gasteiger partial charge in [0.05, 0.1) is 0 Å². The molecule has 0 radical (unpaired) electrons. The first-order valence-corrected chi connectivity index (χ1v) is 8.47. The molecular formula is C17H34N2. The normalized spacial score (nSPS) is 44.7. The van der Waals surface area contributed by atoms with Gasteiger partial charge in [0, 0.05) is 25.7 Å². The van der Waals surface area contributed by atoms with Crippen molar-refractivity contribution < 1.29 is 0 Å². The molecule has 2 nitrogen and oxygen atoms in total. The maximum absolute atomic E-state index is 3.77. The van der Waals surface area contributed by atoms with Crippen molar-refractivity contribution in [2.75, 3.05) is 26.2 Å². The molecule has 1 aliphatic carbocycles. The molecule has 0 amide bonds. The van der Waals surface area contributed by atoms with Crippen molar-refractivity contribution in [3.63, 3.8) is 0 Å². The third-order valence-corrected chi connectivity index (χ3v) is 5.68. The number of hydrogen-bond acceptors (Lipinski definition) is 2. The van der Waals surface area contributed by atoms with E-state index in [-0.39, 0.29) is 0 Å². The molecule has 1 N–H and O–H groups in total. The van der Waals surface area contributed by atoms with Crippen molar-refractivity contribution in [3.8, 4) is 0 Å². The Hall–Kier alpha value is -0.0800. The second-order valence-corrected chi connectivity index (χ2v) is 7.55. The quantitative estimate of drug-likeness (QED) is 0.840. The van der Waals surface area contributed by atoms with E-state index in [4.69, 9.17) is 0 Å². The average Bonchev–Trinajstić information content (AvgIpc) is 2.63. The second-order valence-electron chi connectivity index (χ2n) is 7.55. The van der Waals surface area contributed by atoms with Crippen LogP contribution in [0.15, 0.2) is 0 Å². The molecule has 112 valence electrons. The summed E-state index contributed by atoms with van der Waals surface area (Å²) in [4.78, 5) is 2.73. The Balaban J connectivity index is 1.95. The summed E-state index contributed by atoms with van der Waals surface area (Å²) >= 11 is 0. The predicted molar refractivity (Wildman–Crippen MR) is 83.3 cm³/mol. The number of hydrogen-bond donors (Lipinski definition) is 1. The van der Waals surface area contributed by atoms with E-state index in [0.717, 1.165) is 42.2 Å². The SMILES string of the molecule is CCNC1CC(C)CC(C)C1CN1CC(C)C(C)C1. The fraction of sp³-hybridized carbons (Fsp3) is 1.00. The zero-order valence-corrected chi connectivity index (χ0v) is 13.7. The van der Waals surface area contributed by atoms with Crippen molar-refractivity contribution in [2.24, 2.45) is 29.6 Å². The van der Waals surface area contributed by atoms with E-state index >= 15 is 0 Å². The van der Waals surface area contributed by atoms with Gasteiger partial charge in [0.2, 0.25) is 0 Å². The molecule has 1 aliphatic heterocycles. The molecule has 6 unspecified atom stereocenters. The lowest BCUT2D eigenvalue weighted by Gasteiger charge is -2.42. The fourth-order valence-corrected chi connectivity index (χ4v) is 4.41.